The van der Waals surface area contributed by atoms with Gasteiger partial charge in [0.15, 0.2) is 5.76 Å². The molecular weight excluding hydrogens is 290 g/mol. The lowest BCUT2D eigenvalue weighted by atomic mass is 10.0. The van der Waals surface area contributed by atoms with E-state index in [2.05, 4.69) is 33.7 Å². The molecule has 2 heterocycles. The summed E-state index contributed by atoms with van der Waals surface area (Å²) in [6.07, 6.45) is 0. The number of aromatic nitrogens is 1. The highest BCUT2D eigenvalue weighted by molar-refractivity contribution is 9.10. The van der Waals surface area contributed by atoms with Crippen LogP contribution in [0.3, 0.4) is 0 Å². The summed E-state index contributed by atoms with van der Waals surface area (Å²) in [5.41, 5.74) is 2.79. The Kier molecular flexibility index (Phi) is 2.44. The molecule has 3 nitrogen and oxygen atoms in total. The largest absolute Gasteiger partial charge is 0.488 e. The Morgan fingerprint density at radius 3 is 3.12 bits per heavy atom. The first-order valence-electron chi connectivity index (χ1n) is 4.80. The zero-order chi connectivity index (χ0) is 11.1. The molecule has 3 rings (SSSR count). The van der Waals surface area contributed by atoms with Crippen molar-refractivity contribution in [2.45, 2.75) is 12.4 Å². The summed E-state index contributed by atoms with van der Waals surface area (Å²) in [6.45, 7) is 0.503. The standard InChI is InChI=1S/C11H8BrNO2S/c12-6-1-2-10-7(3-6)11-8(4-14-10)9(5-16)13-15-11/h1-3,16H,4-5H2. The molecule has 1 aromatic heterocycles. The molecule has 1 aliphatic rings. The van der Waals surface area contributed by atoms with E-state index in [-0.39, 0.29) is 0 Å². The van der Waals surface area contributed by atoms with E-state index in [4.69, 9.17) is 9.26 Å². The first-order valence-corrected chi connectivity index (χ1v) is 6.23. The number of rotatable bonds is 1. The van der Waals surface area contributed by atoms with Gasteiger partial charge in [0, 0.05) is 10.2 Å². The van der Waals surface area contributed by atoms with E-state index in [1.165, 1.54) is 0 Å². The van der Waals surface area contributed by atoms with Gasteiger partial charge in [-0.15, -0.1) is 0 Å². The van der Waals surface area contributed by atoms with Gasteiger partial charge in [-0.3, -0.25) is 0 Å². The van der Waals surface area contributed by atoms with Crippen molar-refractivity contribution in [3.63, 3.8) is 0 Å². The van der Waals surface area contributed by atoms with Gasteiger partial charge in [0.05, 0.1) is 11.1 Å². The zero-order valence-corrected chi connectivity index (χ0v) is 10.7. The van der Waals surface area contributed by atoms with Gasteiger partial charge in [0.1, 0.15) is 18.1 Å². The molecule has 1 aliphatic heterocycles. The van der Waals surface area contributed by atoms with Gasteiger partial charge >= 0.3 is 0 Å². The van der Waals surface area contributed by atoms with Crippen molar-refractivity contribution < 1.29 is 9.26 Å². The highest BCUT2D eigenvalue weighted by atomic mass is 79.9. The van der Waals surface area contributed by atoms with Gasteiger partial charge in [-0.25, -0.2) is 0 Å². The van der Waals surface area contributed by atoms with E-state index in [9.17, 15) is 0 Å². The summed E-state index contributed by atoms with van der Waals surface area (Å²) in [6, 6.07) is 5.84. The third-order valence-corrected chi connectivity index (χ3v) is 3.37. The van der Waals surface area contributed by atoms with Crippen LogP contribution in [0.2, 0.25) is 0 Å². The predicted molar refractivity (Wildman–Crippen MR) is 66.7 cm³/mol. The van der Waals surface area contributed by atoms with E-state index in [1.54, 1.807) is 0 Å². The van der Waals surface area contributed by atoms with Crippen molar-refractivity contribution in [2.24, 2.45) is 0 Å². The van der Waals surface area contributed by atoms with E-state index < -0.39 is 0 Å². The summed E-state index contributed by atoms with van der Waals surface area (Å²) in [5, 5.41) is 4.00. The minimum atomic E-state index is 0.503. The minimum absolute atomic E-state index is 0.503. The Hall–Kier alpha value is -0.940. The SMILES string of the molecule is SCc1noc2c1COc1ccc(Br)cc1-2. The summed E-state index contributed by atoms with van der Waals surface area (Å²) in [7, 11) is 0. The quantitative estimate of drug-likeness (QED) is 0.819. The van der Waals surface area contributed by atoms with E-state index in [0.717, 1.165) is 32.8 Å². The van der Waals surface area contributed by atoms with E-state index in [1.807, 2.05) is 18.2 Å². The summed E-state index contributed by atoms with van der Waals surface area (Å²) >= 11 is 7.65. The third-order valence-electron chi connectivity index (χ3n) is 2.58. The average Bonchev–Trinajstić information content (AvgIpc) is 2.72. The summed E-state index contributed by atoms with van der Waals surface area (Å²) in [4.78, 5) is 0. The number of hydrogen-bond donors (Lipinski definition) is 1. The maximum absolute atomic E-state index is 5.65. The van der Waals surface area contributed by atoms with Crippen molar-refractivity contribution in [1.29, 1.82) is 0 Å². The van der Waals surface area contributed by atoms with Crippen molar-refractivity contribution >= 4 is 28.6 Å². The monoisotopic (exact) mass is 297 g/mol. The lowest BCUT2D eigenvalue weighted by Crippen LogP contribution is -2.05. The minimum Gasteiger partial charge on any atom is -0.488 e. The van der Waals surface area contributed by atoms with Crippen LogP contribution in [0.15, 0.2) is 27.2 Å². The number of benzene rings is 1. The molecule has 2 aromatic rings. The van der Waals surface area contributed by atoms with Crippen LogP contribution in [0.4, 0.5) is 0 Å². The fraction of sp³-hybridized carbons (Fsp3) is 0.182. The molecule has 0 saturated carbocycles. The Labute approximate surface area is 106 Å². The van der Waals surface area contributed by atoms with Crippen molar-refractivity contribution in [2.75, 3.05) is 0 Å². The van der Waals surface area contributed by atoms with Crippen LogP contribution in [0.1, 0.15) is 11.3 Å². The molecule has 0 N–H and O–H groups in total. The number of halogens is 1. The molecule has 0 radical (unpaired) electrons. The van der Waals surface area contributed by atoms with Crippen molar-refractivity contribution in [3.05, 3.63) is 33.9 Å². The van der Waals surface area contributed by atoms with E-state index >= 15 is 0 Å². The molecule has 0 saturated heterocycles. The van der Waals surface area contributed by atoms with Crippen LogP contribution < -0.4 is 4.74 Å². The molecular formula is C11H8BrNO2S. The van der Waals surface area contributed by atoms with Crippen LogP contribution >= 0.6 is 28.6 Å². The summed E-state index contributed by atoms with van der Waals surface area (Å²) in [5.74, 6) is 2.19. The van der Waals surface area contributed by atoms with Gasteiger partial charge in [0.2, 0.25) is 0 Å². The number of thiol groups is 1. The van der Waals surface area contributed by atoms with Crippen LogP contribution in [0.5, 0.6) is 5.75 Å². The van der Waals surface area contributed by atoms with Crippen LogP contribution in [-0.4, -0.2) is 5.16 Å². The zero-order valence-electron chi connectivity index (χ0n) is 8.24. The smallest absolute Gasteiger partial charge is 0.177 e. The van der Waals surface area contributed by atoms with Crippen molar-refractivity contribution in [1.82, 2.24) is 5.16 Å². The highest BCUT2D eigenvalue weighted by Gasteiger charge is 2.24. The Balaban J connectivity index is 2.22. The second-order valence-corrected chi connectivity index (χ2v) is 4.76. The number of ether oxygens (including phenoxy) is 1. The van der Waals surface area contributed by atoms with Crippen molar-refractivity contribution in [3.8, 4) is 17.1 Å². The van der Waals surface area contributed by atoms with Gasteiger partial charge in [0.25, 0.3) is 0 Å². The van der Waals surface area contributed by atoms with Crippen LogP contribution in [0, 0.1) is 0 Å². The number of nitrogens with zero attached hydrogens (tertiary/aromatic N) is 1. The molecule has 0 bridgehead atoms. The number of fused-ring (bicyclic) bond motifs is 3. The molecule has 0 spiro atoms. The highest BCUT2D eigenvalue weighted by Crippen LogP contribution is 2.40. The molecule has 0 unspecified atom stereocenters. The molecule has 0 aliphatic carbocycles. The lowest BCUT2D eigenvalue weighted by molar-refractivity contribution is 0.297. The topological polar surface area (TPSA) is 35.3 Å². The third kappa shape index (κ3) is 1.46. The molecule has 0 atom stereocenters. The van der Waals surface area contributed by atoms with Gasteiger partial charge in [-0.2, -0.15) is 12.6 Å². The molecule has 5 heteroatoms. The summed E-state index contributed by atoms with van der Waals surface area (Å²) < 4.78 is 12.0. The Morgan fingerprint density at radius 1 is 1.44 bits per heavy atom. The normalized spacial score (nSPS) is 12.9. The fourth-order valence-corrected chi connectivity index (χ4v) is 2.39. The van der Waals surface area contributed by atoms with Gasteiger partial charge < -0.3 is 9.26 Å². The Bertz CT molecular complexity index is 553. The first-order chi connectivity index (χ1) is 7.79. The lowest BCUT2D eigenvalue weighted by Gasteiger charge is -2.16. The number of hydrogen-bond acceptors (Lipinski definition) is 4. The molecule has 1 aromatic carbocycles. The fourth-order valence-electron chi connectivity index (χ4n) is 1.78. The second-order valence-electron chi connectivity index (χ2n) is 3.52. The molecule has 0 fully saturated rings. The maximum atomic E-state index is 5.65. The van der Waals surface area contributed by atoms with Gasteiger partial charge in [-0.05, 0) is 18.2 Å². The van der Waals surface area contributed by atoms with Crippen LogP contribution in [0.25, 0.3) is 11.3 Å². The Morgan fingerprint density at radius 2 is 2.31 bits per heavy atom. The predicted octanol–water partition coefficient (Wildman–Crippen LogP) is 3.43. The first kappa shape index (κ1) is 10.2. The second kappa shape index (κ2) is 3.82. The maximum Gasteiger partial charge on any atom is 0.177 e. The van der Waals surface area contributed by atoms with E-state index in [0.29, 0.717) is 12.4 Å². The average molecular weight is 298 g/mol. The van der Waals surface area contributed by atoms with Crippen LogP contribution in [-0.2, 0) is 12.4 Å². The van der Waals surface area contributed by atoms with Gasteiger partial charge in [-0.1, -0.05) is 21.1 Å². The molecule has 82 valence electrons. The molecule has 0 amide bonds. The molecule has 16 heavy (non-hydrogen) atoms.